The van der Waals surface area contributed by atoms with Crippen molar-refractivity contribution in [2.45, 2.75) is 19.3 Å². The van der Waals surface area contributed by atoms with Gasteiger partial charge in [-0.15, -0.1) is 0 Å². The van der Waals surface area contributed by atoms with Crippen molar-refractivity contribution in [2.24, 2.45) is 0 Å². The van der Waals surface area contributed by atoms with Crippen LogP contribution < -0.4 is 5.32 Å². The van der Waals surface area contributed by atoms with Crippen molar-refractivity contribution in [3.63, 3.8) is 0 Å². The van der Waals surface area contributed by atoms with Crippen LogP contribution in [-0.4, -0.2) is 21.1 Å². The van der Waals surface area contributed by atoms with Gasteiger partial charge in [-0.1, -0.05) is 11.6 Å². The first-order valence-corrected chi connectivity index (χ1v) is 8.92. The van der Waals surface area contributed by atoms with Crippen LogP contribution in [0, 0.1) is 0 Å². The van der Waals surface area contributed by atoms with Crippen LogP contribution in [-0.2, 0) is 12.8 Å². The Morgan fingerprint density at radius 2 is 2.08 bits per heavy atom. The van der Waals surface area contributed by atoms with E-state index in [1.54, 1.807) is 6.20 Å². The number of rotatable bonds is 2. The minimum absolute atomic E-state index is 0.128. The Hall–Kier alpha value is -2.92. The molecule has 0 saturated heterocycles. The largest absolute Gasteiger partial charge is 0.322 e. The zero-order valence-electron chi connectivity index (χ0n) is 13.8. The highest BCUT2D eigenvalue weighted by Crippen LogP contribution is 2.32. The van der Waals surface area contributed by atoms with Gasteiger partial charge in [0, 0.05) is 27.2 Å². The molecule has 1 amide bonds. The molecule has 26 heavy (non-hydrogen) atoms. The third kappa shape index (κ3) is 2.44. The van der Waals surface area contributed by atoms with E-state index in [1.165, 1.54) is 0 Å². The first-order valence-electron chi connectivity index (χ1n) is 8.54. The predicted molar refractivity (Wildman–Crippen MR) is 103 cm³/mol. The van der Waals surface area contributed by atoms with E-state index < -0.39 is 0 Å². The number of hydrogen-bond acceptors (Lipinski definition) is 3. The number of amides is 1. The Morgan fingerprint density at radius 3 is 3.00 bits per heavy atom. The number of hydrogen-bond donors (Lipinski definition) is 2. The van der Waals surface area contributed by atoms with E-state index >= 15 is 0 Å². The van der Waals surface area contributed by atoms with Crippen molar-refractivity contribution < 1.29 is 4.79 Å². The summed E-state index contributed by atoms with van der Waals surface area (Å²) >= 11 is 6.19. The third-order valence-electron chi connectivity index (χ3n) is 4.90. The molecule has 0 saturated carbocycles. The second-order valence-electron chi connectivity index (χ2n) is 6.55. The molecule has 0 bridgehead atoms. The van der Waals surface area contributed by atoms with Gasteiger partial charge in [-0.2, -0.15) is 5.10 Å². The summed E-state index contributed by atoms with van der Waals surface area (Å²) in [5.41, 5.74) is 5.17. The Bertz CT molecular complexity index is 1180. The molecule has 2 aromatic carbocycles. The fourth-order valence-electron chi connectivity index (χ4n) is 3.70. The summed E-state index contributed by atoms with van der Waals surface area (Å²) < 4.78 is 0. The number of nitrogens with zero attached hydrogens (tertiary/aromatic N) is 2. The molecule has 0 atom stereocenters. The molecule has 0 aliphatic heterocycles. The number of halogens is 1. The lowest BCUT2D eigenvalue weighted by atomic mass is 10.0. The second kappa shape index (κ2) is 5.81. The van der Waals surface area contributed by atoms with Crippen molar-refractivity contribution >= 4 is 45.0 Å². The van der Waals surface area contributed by atoms with Gasteiger partial charge in [0.15, 0.2) is 0 Å². The number of anilines is 1. The SMILES string of the molecule is O=C(Nc1ccc2cn[nH]c2c1)c1c2c(nc3ccc(Cl)cc13)CCC2. The fourth-order valence-corrected chi connectivity index (χ4v) is 3.87. The van der Waals surface area contributed by atoms with Crippen molar-refractivity contribution in [1.82, 2.24) is 15.2 Å². The maximum absolute atomic E-state index is 13.2. The number of pyridine rings is 1. The maximum atomic E-state index is 13.2. The molecule has 128 valence electrons. The Balaban J connectivity index is 1.63. The van der Waals surface area contributed by atoms with Crippen LogP contribution in [0.25, 0.3) is 21.8 Å². The van der Waals surface area contributed by atoms with Gasteiger partial charge < -0.3 is 5.32 Å². The first kappa shape index (κ1) is 15.3. The molecule has 5 rings (SSSR count). The van der Waals surface area contributed by atoms with Crippen LogP contribution in [0.1, 0.15) is 28.0 Å². The van der Waals surface area contributed by atoms with Gasteiger partial charge in [0.05, 0.1) is 22.8 Å². The van der Waals surface area contributed by atoms with E-state index in [0.29, 0.717) is 10.6 Å². The van der Waals surface area contributed by atoms with Gasteiger partial charge in [0.25, 0.3) is 5.91 Å². The van der Waals surface area contributed by atoms with Crippen LogP contribution in [0.2, 0.25) is 5.02 Å². The van der Waals surface area contributed by atoms with Gasteiger partial charge >= 0.3 is 0 Å². The van der Waals surface area contributed by atoms with Crippen LogP contribution in [0.3, 0.4) is 0 Å². The fraction of sp³-hybridized carbons (Fsp3) is 0.150. The molecule has 0 spiro atoms. The second-order valence-corrected chi connectivity index (χ2v) is 6.99. The first-order chi connectivity index (χ1) is 12.7. The minimum atomic E-state index is -0.128. The van der Waals surface area contributed by atoms with Gasteiger partial charge in [-0.3, -0.25) is 14.9 Å². The Kier molecular flexibility index (Phi) is 3.43. The van der Waals surface area contributed by atoms with E-state index in [-0.39, 0.29) is 5.91 Å². The van der Waals surface area contributed by atoms with Crippen molar-refractivity contribution in [3.05, 3.63) is 64.4 Å². The van der Waals surface area contributed by atoms with E-state index in [4.69, 9.17) is 16.6 Å². The normalized spacial score (nSPS) is 13.3. The molecular weight excluding hydrogens is 348 g/mol. The smallest absolute Gasteiger partial charge is 0.256 e. The van der Waals surface area contributed by atoms with E-state index in [2.05, 4.69) is 15.5 Å². The molecule has 0 unspecified atom stereocenters. The van der Waals surface area contributed by atoms with Crippen LogP contribution in [0.5, 0.6) is 0 Å². The number of H-pyrrole nitrogens is 1. The van der Waals surface area contributed by atoms with Gasteiger partial charge in [0.2, 0.25) is 0 Å². The molecule has 0 radical (unpaired) electrons. The minimum Gasteiger partial charge on any atom is -0.322 e. The van der Waals surface area contributed by atoms with Crippen molar-refractivity contribution in [1.29, 1.82) is 0 Å². The zero-order valence-corrected chi connectivity index (χ0v) is 14.6. The third-order valence-corrected chi connectivity index (χ3v) is 5.14. The van der Waals surface area contributed by atoms with Crippen LogP contribution in [0.15, 0.2) is 42.6 Å². The highest BCUT2D eigenvalue weighted by atomic mass is 35.5. The monoisotopic (exact) mass is 362 g/mol. The van der Waals surface area contributed by atoms with Gasteiger partial charge in [-0.05, 0) is 61.2 Å². The summed E-state index contributed by atoms with van der Waals surface area (Å²) in [6.07, 6.45) is 4.56. The topological polar surface area (TPSA) is 70.7 Å². The lowest BCUT2D eigenvalue weighted by molar-refractivity contribution is 0.102. The molecule has 2 heterocycles. The number of nitrogens with one attached hydrogen (secondary N) is 2. The molecular formula is C20H15ClN4O. The zero-order chi connectivity index (χ0) is 17.7. The number of fused-ring (bicyclic) bond motifs is 3. The Morgan fingerprint density at radius 1 is 1.15 bits per heavy atom. The van der Waals surface area contributed by atoms with Crippen molar-refractivity contribution in [2.75, 3.05) is 5.32 Å². The summed E-state index contributed by atoms with van der Waals surface area (Å²) in [6, 6.07) is 11.2. The molecule has 6 heteroatoms. The highest BCUT2D eigenvalue weighted by Gasteiger charge is 2.24. The molecule has 1 aliphatic rings. The summed E-state index contributed by atoms with van der Waals surface area (Å²) in [6.45, 7) is 0. The average molecular weight is 363 g/mol. The predicted octanol–water partition coefficient (Wildman–Crippen LogP) is 4.51. The quantitative estimate of drug-likeness (QED) is 0.551. The summed E-state index contributed by atoms with van der Waals surface area (Å²) in [5.74, 6) is -0.128. The van der Waals surface area contributed by atoms with Crippen LogP contribution >= 0.6 is 11.6 Å². The lowest BCUT2D eigenvalue weighted by Gasteiger charge is -2.13. The highest BCUT2D eigenvalue weighted by molar-refractivity contribution is 6.31. The van der Waals surface area contributed by atoms with Gasteiger partial charge in [0.1, 0.15) is 0 Å². The number of aryl methyl sites for hydroxylation is 1. The summed E-state index contributed by atoms with van der Waals surface area (Å²) in [7, 11) is 0. The molecule has 2 aromatic heterocycles. The van der Waals surface area contributed by atoms with Gasteiger partial charge in [-0.25, -0.2) is 0 Å². The van der Waals surface area contributed by atoms with Crippen molar-refractivity contribution in [3.8, 4) is 0 Å². The Labute approximate surface area is 154 Å². The summed E-state index contributed by atoms with van der Waals surface area (Å²) in [4.78, 5) is 17.9. The maximum Gasteiger partial charge on any atom is 0.256 e. The van der Waals surface area contributed by atoms with E-state index in [1.807, 2.05) is 36.4 Å². The number of benzene rings is 2. The number of carbonyl (C=O) groups is 1. The molecule has 5 nitrogen and oxygen atoms in total. The number of aromatic nitrogens is 3. The number of aromatic amines is 1. The average Bonchev–Trinajstić information content (AvgIpc) is 3.27. The molecule has 2 N–H and O–H groups in total. The summed E-state index contributed by atoms with van der Waals surface area (Å²) in [5, 5.41) is 12.4. The molecule has 4 aromatic rings. The van der Waals surface area contributed by atoms with E-state index in [0.717, 1.165) is 58.0 Å². The number of carbonyl (C=O) groups excluding carboxylic acids is 1. The standard InChI is InChI=1S/C20H15ClN4O/c21-12-5-7-17-15(8-12)19(14-2-1-3-16(14)24-17)20(26)23-13-6-4-11-10-22-25-18(11)9-13/h4-10H,1-3H2,(H,22,25)(H,23,26). The molecule has 0 fully saturated rings. The lowest BCUT2D eigenvalue weighted by Crippen LogP contribution is -2.15. The van der Waals surface area contributed by atoms with E-state index in [9.17, 15) is 4.79 Å². The van der Waals surface area contributed by atoms with Crippen LogP contribution in [0.4, 0.5) is 5.69 Å². The molecule has 1 aliphatic carbocycles.